The third kappa shape index (κ3) is 3.66. The van der Waals surface area contributed by atoms with Crippen LogP contribution in [0.1, 0.15) is 38.9 Å². The van der Waals surface area contributed by atoms with Crippen LogP contribution in [0.25, 0.3) is 11.0 Å². The molecule has 3 amide bonds. The number of carbonyl (C=O) groups is 2. The normalized spacial score (nSPS) is 17.8. The number of unbranched alkanes of at least 4 members (excludes halogenated alkanes) is 1. The fourth-order valence-electron chi connectivity index (χ4n) is 3.33. The van der Waals surface area contributed by atoms with E-state index in [1.807, 2.05) is 25.1 Å². The van der Waals surface area contributed by atoms with Gasteiger partial charge in [-0.15, -0.1) is 0 Å². The van der Waals surface area contributed by atoms with Gasteiger partial charge in [0.15, 0.2) is 0 Å². The summed E-state index contributed by atoms with van der Waals surface area (Å²) in [5.41, 5.74) is 2.49. The van der Waals surface area contributed by atoms with E-state index in [9.17, 15) is 9.59 Å². The van der Waals surface area contributed by atoms with Gasteiger partial charge < -0.3 is 20.1 Å². The molecule has 1 fully saturated rings. The van der Waals surface area contributed by atoms with Crippen molar-refractivity contribution in [2.45, 2.75) is 45.6 Å². The number of aryl methyl sites for hydroxylation is 1. The van der Waals surface area contributed by atoms with E-state index in [0.29, 0.717) is 25.2 Å². The fraction of sp³-hybridized carbons (Fsp3) is 0.526. The summed E-state index contributed by atoms with van der Waals surface area (Å²) < 4.78 is 0. The summed E-state index contributed by atoms with van der Waals surface area (Å²) in [6.07, 6.45) is 3.46. The van der Waals surface area contributed by atoms with Gasteiger partial charge in [0.25, 0.3) is 0 Å². The predicted molar refractivity (Wildman–Crippen MR) is 102 cm³/mol. The highest BCUT2D eigenvalue weighted by molar-refractivity contribution is 5.95. The molecule has 0 bridgehead atoms. The highest BCUT2D eigenvalue weighted by atomic mass is 16.2. The molecule has 0 saturated carbocycles. The Kier molecular flexibility index (Phi) is 5.44. The Labute approximate surface area is 153 Å². The van der Waals surface area contributed by atoms with Gasteiger partial charge in [0.2, 0.25) is 5.91 Å². The average molecular weight is 357 g/mol. The molecule has 1 saturated heterocycles. The van der Waals surface area contributed by atoms with Crippen LogP contribution in [-0.4, -0.2) is 57.9 Å². The lowest BCUT2D eigenvalue weighted by molar-refractivity contribution is -0.138. The minimum atomic E-state index is -0.378. The maximum atomic E-state index is 12.8. The highest BCUT2D eigenvalue weighted by Gasteiger charge is 2.35. The van der Waals surface area contributed by atoms with E-state index in [-0.39, 0.29) is 18.0 Å². The SMILES string of the molecule is CCCCC1C(=O)N(C)CCN1C(=O)Nc1ccc2nc(CC)[nH]c2c1. The summed E-state index contributed by atoms with van der Waals surface area (Å²) in [5, 5.41) is 2.94. The van der Waals surface area contributed by atoms with Gasteiger partial charge in [-0.1, -0.05) is 26.7 Å². The first-order valence-corrected chi connectivity index (χ1v) is 9.34. The van der Waals surface area contributed by atoms with Crippen LogP contribution in [0, 0.1) is 0 Å². The molecule has 1 aromatic heterocycles. The second kappa shape index (κ2) is 7.76. The number of nitrogens with one attached hydrogen (secondary N) is 2. The van der Waals surface area contributed by atoms with Gasteiger partial charge in [-0.05, 0) is 24.6 Å². The number of likely N-dealkylation sites (N-methyl/N-ethyl adjacent to an activating group) is 1. The number of fused-ring (bicyclic) bond motifs is 1. The Morgan fingerprint density at radius 2 is 2.15 bits per heavy atom. The van der Waals surface area contributed by atoms with E-state index in [4.69, 9.17) is 0 Å². The molecule has 1 aliphatic heterocycles. The van der Waals surface area contributed by atoms with E-state index in [0.717, 1.165) is 36.1 Å². The second-order valence-corrected chi connectivity index (χ2v) is 6.81. The Morgan fingerprint density at radius 3 is 2.88 bits per heavy atom. The maximum Gasteiger partial charge on any atom is 0.322 e. The van der Waals surface area contributed by atoms with Crippen LogP contribution < -0.4 is 5.32 Å². The largest absolute Gasteiger partial charge is 0.342 e. The van der Waals surface area contributed by atoms with Gasteiger partial charge >= 0.3 is 6.03 Å². The zero-order valence-electron chi connectivity index (χ0n) is 15.7. The number of anilines is 1. The van der Waals surface area contributed by atoms with Crippen molar-refractivity contribution in [2.24, 2.45) is 0 Å². The van der Waals surface area contributed by atoms with Gasteiger partial charge in [-0.3, -0.25) is 4.79 Å². The minimum Gasteiger partial charge on any atom is -0.342 e. The number of imidazole rings is 1. The first-order valence-electron chi connectivity index (χ1n) is 9.34. The summed E-state index contributed by atoms with van der Waals surface area (Å²) in [6, 6.07) is 5.03. The van der Waals surface area contributed by atoms with Gasteiger partial charge in [0.1, 0.15) is 11.9 Å². The standard InChI is InChI=1S/C19H27N5O2/c1-4-6-7-16-18(25)23(3)10-11-24(16)19(26)20-13-8-9-14-15(12-13)22-17(5-2)21-14/h8-9,12,16H,4-7,10-11H2,1-3H3,(H,20,26)(H,21,22). The molecule has 1 aliphatic rings. The molecule has 2 heterocycles. The van der Waals surface area contributed by atoms with Crippen molar-refractivity contribution in [3.8, 4) is 0 Å². The van der Waals surface area contributed by atoms with Crippen molar-refractivity contribution in [1.82, 2.24) is 19.8 Å². The van der Waals surface area contributed by atoms with Gasteiger partial charge in [-0.25, -0.2) is 9.78 Å². The number of carbonyl (C=O) groups excluding carboxylic acids is 2. The zero-order chi connectivity index (χ0) is 18.7. The first-order chi connectivity index (χ1) is 12.5. The van der Waals surface area contributed by atoms with Crippen molar-refractivity contribution in [3.05, 3.63) is 24.0 Å². The molecule has 140 valence electrons. The van der Waals surface area contributed by atoms with Crippen molar-refractivity contribution in [2.75, 3.05) is 25.5 Å². The average Bonchev–Trinajstić information content (AvgIpc) is 3.05. The molecule has 7 heteroatoms. The number of amides is 3. The number of benzene rings is 1. The first kappa shape index (κ1) is 18.2. The molecular weight excluding hydrogens is 330 g/mol. The van der Waals surface area contributed by atoms with E-state index in [2.05, 4.69) is 22.2 Å². The number of hydrogen-bond acceptors (Lipinski definition) is 3. The van der Waals surface area contributed by atoms with E-state index >= 15 is 0 Å². The van der Waals surface area contributed by atoms with Gasteiger partial charge in [0, 0.05) is 32.2 Å². The quantitative estimate of drug-likeness (QED) is 0.863. The Morgan fingerprint density at radius 1 is 1.35 bits per heavy atom. The molecule has 0 spiro atoms. The zero-order valence-corrected chi connectivity index (χ0v) is 15.7. The van der Waals surface area contributed by atoms with E-state index in [1.54, 1.807) is 16.8 Å². The molecule has 1 aromatic carbocycles. The van der Waals surface area contributed by atoms with Crippen LogP contribution in [0.2, 0.25) is 0 Å². The molecule has 1 unspecified atom stereocenters. The van der Waals surface area contributed by atoms with E-state index in [1.165, 1.54) is 0 Å². The molecular formula is C19H27N5O2. The Balaban J connectivity index is 1.75. The second-order valence-electron chi connectivity index (χ2n) is 6.81. The van der Waals surface area contributed by atoms with Crippen LogP contribution >= 0.6 is 0 Å². The molecule has 3 rings (SSSR count). The lowest BCUT2D eigenvalue weighted by atomic mass is 10.0. The van der Waals surface area contributed by atoms with Crippen LogP contribution in [0.15, 0.2) is 18.2 Å². The molecule has 2 aromatic rings. The molecule has 0 radical (unpaired) electrons. The number of aromatic amines is 1. The Bertz CT molecular complexity index is 800. The monoisotopic (exact) mass is 357 g/mol. The molecule has 26 heavy (non-hydrogen) atoms. The number of aromatic nitrogens is 2. The van der Waals surface area contributed by atoms with Crippen LogP contribution in [0.5, 0.6) is 0 Å². The summed E-state index contributed by atoms with van der Waals surface area (Å²) in [6.45, 7) is 5.25. The van der Waals surface area contributed by atoms with Crippen molar-refractivity contribution >= 4 is 28.7 Å². The van der Waals surface area contributed by atoms with Crippen LogP contribution in [-0.2, 0) is 11.2 Å². The Hall–Kier alpha value is -2.57. The molecule has 7 nitrogen and oxygen atoms in total. The summed E-state index contributed by atoms with van der Waals surface area (Å²) in [7, 11) is 1.80. The topological polar surface area (TPSA) is 81.3 Å². The summed E-state index contributed by atoms with van der Waals surface area (Å²) in [5.74, 6) is 0.948. The fourth-order valence-corrected chi connectivity index (χ4v) is 3.33. The summed E-state index contributed by atoms with van der Waals surface area (Å²) in [4.78, 5) is 36.4. The number of H-pyrrole nitrogens is 1. The third-order valence-electron chi connectivity index (χ3n) is 4.92. The number of piperazine rings is 1. The van der Waals surface area contributed by atoms with Crippen LogP contribution in [0.3, 0.4) is 0 Å². The van der Waals surface area contributed by atoms with Gasteiger partial charge in [-0.2, -0.15) is 0 Å². The summed E-state index contributed by atoms with van der Waals surface area (Å²) >= 11 is 0. The third-order valence-corrected chi connectivity index (χ3v) is 4.92. The van der Waals surface area contributed by atoms with Crippen molar-refractivity contribution in [3.63, 3.8) is 0 Å². The number of hydrogen-bond donors (Lipinski definition) is 2. The number of nitrogens with zero attached hydrogens (tertiary/aromatic N) is 3. The predicted octanol–water partition coefficient (Wildman–Crippen LogP) is 2.99. The van der Waals surface area contributed by atoms with E-state index < -0.39 is 0 Å². The lowest BCUT2D eigenvalue weighted by Gasteiger charge is -2.39. The maximum absolute atomic E-state index is 12.8. The minimum absolute atomic E-state index is 0.0245. The smallest absolute Gasteiger partial charge is 0.322 e. The van der Waals surface area contributed by atoms with Crippen molar-refractivity contribution in [1.29, 1.82) is 0 Å². The lowest BCUT2D eigenvalue weighted by Crippen LogP contribution is -2.58. The van der Waals surface area contributed by atoms with Gasteiger partial charge in [0.05, 0.1) is 11.0 Å². The molecule has 1 atom stereocenters. The van der Waals surface area contributed by atoms with Crippen molar-refractivity contribution < 1.29 is 9.59 Å². The molecule has 0 aliphatic carbocycles. The molecule has 2 N–H and O–H groups in total. The highest BCUT2D eigenvalue weighted by Crippen LogP contribution is 2.21. The number of urea groups is 1. The van der Waals surface area contributed by atoms with Crippen LogP contribution in [0.4, 0.5) is 10.5 Å². The number of rotatable bonds is 5.